The minimum absolute atomic E-state index is 0.104. The van der Waals surface area contributed by atoms with Gasteiger partial charge in [0.1, 0.15) is 30.4 Å². The van der Waals surface area contributed by atoms with E-state index in [2.05, 4.69) is 5.32 Å². The van der Waals surface area contributed by atoms with Crippen LogP contribution in [-0.2, 0) is 4.74 Å². The predicted molar refractivity (Wildman–Crippen MR) is 112 cm³/mol. The zero-order valence-corrected chi connectivity index (χ0v) is 16.5. The van der Waals surface area contributed by atoms with Crippen LogP contribution in [0.3, 0.4) is 0 Å². The number of phenolic OH excluding ortho intramolecular Hbond substituents is 1. The lowest BCUT2D eigenvalue weighted by Gasteiger charge is -2.20. The van der Waals surface area contributed by atoms with Crippen molar-refractivity contribution in [2.45, 2.75) is 18.1 Å². The fourth-order valence-electron chi connectivity index (χ4n) is 3.96. The van der Waals surface area contributed by atoms with E-state index >= 15 is 0 Å². The summed E-state index contributed by atoms with van der Waals surface area (Å²) in [6.45, 7) is -0.280. The molecule has 1 aliphatic carbocycles. The molecule has 3 aromatic rings. The van der Waals surface area contributed by atoms with Crippen molar-refractivity contribution in [2.75, 3.05) is 13.2 Å². The van der Waals surface area contributed by atoms with Crippen LogP contribution in [0.15, 0.2) is 66.7 Å². The predicted octanol–water partition coefficient (Wildman–Crippen LogP) is 3.46. The number of halogens is 1. The van der Waals surface area contributed by atoms with Gasteiger partial charge in [-0.3, -0.25) is 0 Å². The van der Waals surface area contributed by atoms with Gasteiger partial charge >= 0.3 is 6.09 Å². The molecule has 0 bridgehead atoms. The van der Waals surface area contributed by atoms with E-state index in [1.807, 2.05) is 48.5 Å². The Balaban J connectivity index is 1.36. The first-order valence-electron chi connectivity index (χ1n) is 9.89. The second kappa shape index (κ2) is 8.75. The van der Waals surface area contributed by atoms with Gasteiger partial charge in [0.25, 0.3) is 0 Å². The van der Waals surface area contributed by atoms with Crippen LogP contribution in [0.4, 0.5) is 9.18 Å². The molecule has 0 heterocycles. The molecule has 160 valence electrons. The van der Waals surface area contributed by atoms with E-state index in [0.717, 1.165) is 28.3 Å². The van der Waals surface area contributed by atoms with Crippen molar-refractivity contribution in [2.24, 2.45) is 0 Å². The number of nitrogens with one attached hydrogen (secondary N) is 1. The number of alkyl carbamates (subject to hydrolysis) is 1. The maximum Gasteiger partial charge on any atom is 0.407 e. The van der Waals surface area contributed by atoms with Crippen molar-refractivity contribution in [3.05, 3.63) is 89.2 Å². The van der Waals surface area contributed by atoms with E-state index in [4.69, 9.17) is 4.74 Å². The first-order chi connectivity index (χ1) is 15.0. The number of rotatable bonds is 6. The first-order valence-corrected chi connectivity index (χ1v) is 9.89. The number of aliphatic hydroxyl groups excluding tert-OH is 2. The topological polar surface area (TPSA) is 99.0 Å². The molecule has 0 saturated carbocycles. The van der Waals surface area contributed by atoms with E-state index in [1.54, 1.807) is 0 Å². The van der Waals surface area contributed by atoms with Crippen molar-refractivity contribution in [1.29, 1.82) is 0 Å². The molecule has 1 amide bonds. The number of aromatic hydroxyl groups is 1. The fourth-order valence-corrected chi connectivity index (χ4v) is 3.96. The van der Waals surface area contributed by atoms with Crippen LogP contribution in [0, 0.1) is 5.82 Å². The van der Waals surface area contributed by atoms with Gasteiger partial charge in [-0.15, -0.1) is 0 Å². The molecule has 0 radical (unpaired) electrons. The number of carbonyl (C=O) groups excluding carboxylic acids is 1. The van der Waals surface area contributed by atoms with Crippen molar-refractivity contribution >= 4 is 6.09 Å². The summed E-state index contributed by atoms with van der Waals surface area (Å²) < 4.78 is 19.2. The van der Waals surface area contributed by atoms with Gasteiger partial charge in [-0.2, -0.15) is 0 Å². The van der Waals surface area contributed by atoms with E-state index in [0.29, 0.717) is 0 Å². The highest BCUT2D eigenvalue weighted by Crippen LogP contribution is 2.44. The number of aliphatic hydroxyl groups is 2. The van der Waals surface area contributed by atoms with Crippen LogP contribution in [0.1, 0.15) is 28.7 Å². The van der Waals surface area contributed by atoms with Gasteiger partial charge in [-0.05, 0) is 34.4 Å². The molecule has 0 aromatic heterocycles. The maximum atomic E-state index is 13.9. The number of benzene rings is 3. The average molecular weight is 423 g/mol. The van der Waals surface area contributed by atoms with Crippen LogP contribution in [0.2, 0.25) is 0 Å². The molecule has 2 atom stereocenters. The Bertz CT molecular complexity index is 1040. The lowest BCUT2D eigenvalue weighted by atomic mass is 9.98. The highest BCUT2D eigenvalue weighted by molar-refractivity contribution is 5.79. The Labute approximate surface area is 178 Å². The Hall–Kier alpha value is -3.42. The lowest BCUT2D eigenvalue weighted by Crippen LogP contribution is -2.36. The third kappa shape index (κ3) is 4.10. The zero-order valence-electron chi connectivity index (χ0n) is 16.5. The molecule has 0 fully saturated rings. The van der Waals surface area contributed by atoms with Gasteiger partial charge in [-0.1, -0.05) is 54.6 Å². The van der Waals surface area contributed by atoms with Crippen molar-refractivity contribution in [1.82, 2.24) is 5.32 Å². The molecule has 7 heteroatoms. The summed E-state index contributed by atoms with van der Waals surface area (Å²) in [6.07, 6.45) is -4.02. The summed E-state index contributed by atoms with van der Waals surface area (Å²) in [5.41, 5.74) is 3.93. The van der Waals surface area contributed by atoms with Crippen LogP contribution < -0.4 is 5.32 Å². The zero-order chi connectivity index (χ0) is 22.0. The SMILES string of the molecule is O=C(NCC(O)C(O)c1c(O)cccc1F)OCC1c2ccccc2-c2ccccc21. The molecular formula is C24H22FNO5. The number of hydrogen-bond acceptors (Lipinski definition) is 5. The number of carbonyl (C=O) groups is 1. The lowest BCUT2D eigenvalue weighted by molar-refractivity contribution is 0.0152. The van der Waals surface area contributed by atoms with Gasteiger partial charge in [0.05, 0.1) is 5.56 Å². The normalized spacial score (nSPS) is 14.4. The second-order valence-corrected chi connectivity index (χ2v) is 7.39. The summed E-state index contributed by atoms with van der Waals surface area (Å²) in [5, 5.41) is 32.4. The first kappa shape index (κ1) is 20.8. The molecule has 1 aliphatic rings. The van der Waals surface area contributed by atoms with Crippen LogP contribution >= 0.6 is 0 Å². The quantitative estimate of drug-likeness (QED) is 0.487. The van der Waals surface area contributed by atoms with Crippen molar-refractivity contribution in [3.8, 4) is 16.9 Å². The Morgan fingerprint density at radius 3 is 2.19 bits per heavy atom. The average Bonchev–Trinajstić information content (AvgIpc) is 3.09. The number of amides is 1. The van der Waals surface area contributed by atoms with Gasteiger partial charge in [0.2, 0.25) is 0 Å². The monoisotopic (exact) mass is 423 g/mol. The number of ether oxygens (including phenoxy) is 1. The van der Waals surface area contributed by atoms with E-state index in [-0.39, 0.29) is 19.1 Å². The summed E-state index contributed by atoms with van der Waals surface area (Å²) in [4.78, 5) is 12.2. The minimum Gasteiger partial charge on any atom is -0.507 e. The molecule has 0 aliphatic heterocycles. The summed E-state index contributed by atoms with van der Waals surface area (Å²) >= 11 is 0. The summed E-state index contributed by atoms with van der Waals surface area (Å²) in [5.74, 6) is -1.44. The Morgan fingerprint density at radius 2 is 1.58 bits per heavy atom. The van der Waals surface area contributed by atoms with Gasteiger partial charge in [-0.25, -0.2) is 9.18 Å². The van der Waals surface area contributed by atoms with Gasteiger partial charge in [0.15, 0.2) is 0 Å². The van der Waals surface area contributed by atoms with Gasteiger partial charge < -0.3 is 25.4 Å². The smallest absolute Gasteiger partial charge is 0.407 e. The van der Waals surface area contributed by atoms with Crippen molar-refractivity contribution < 1.29 is 29.2 Å². The third-order valence-electron chi connectivity index (χ3n) is 5.49. The molecule has 4 N–H and O–H groups in total. The molecule has 0 saturated heterocycles. The van der Waals surface area contributed by atoms with Gasteiger partial charge in [0, 0.05) is 12.5 Å². The highest BCUT2D eigenvalue weighted by Gasteiger charge is 2.29. The molecule has 6 nitrogen and oxygen atoms in total. The molecule has 2 unspecified atom stereocenters. The largest absolute Gasteiger partial charge is 0.507 e. The Morgan fingerprint density at radius 1 is 0.968 bits per heavy atom. The summed E-state index contributed by atoms with van der Waals surface area (Å²) in [6, 6.07) is 19.4. The van der Waals surface area contributed by atoms with Crippen LogP contribution in [0.25, 0.3) is 11.1 Å². The maximum absolute atomic E-state index is 13.9. The number of fused-ring (bicyclic) bond motifs is 3. The Kier molecular flexibility index (Phi) is 5.88. The summed E-state index contributed by atoms with van der Waals surface area (Å²) in [7, 11) is 0. The minimum atomic E-state index is -1.71. The fraction of sp³-hybridized carbons (Fsp3) is 0.208. The molecule has 3 aromatic carbocycles. The van der Waals surface area contributed by atoms with Crippen molar-refractivity contribution in [3.63, 3.8) is 0 Å². The number of hydrogen-bond donors (Lipinski definition) is 4. The van der Waals surface area contributed by atoms with E-state index in [1.165, 1.54) is 12.1 Å². The molecule has 31 heavy (non-hydrogen) atoms. The van der Waals surface area contributed by atoms with E-state index in [9.17, 15) is 24.5 Å². The third-order valence-corrected chi connectivity index (χ3v) is 5.49. The molecule has 0 spiro atoms. The second-order valence-electron chi connectivity index (χ2n) is 7.39. The van der Waals surface area contributed by atoms with Crippen LogP contribution in [0.5, 0.6) is 5.75 Å². The highest BCUT2D eigenvalue weighted by atomic mass is 19.1. The molecule has 4 rings (SSSR count). The van der Waals surface area contributed by atoms with Crippen LogP contribution in [-0.4, -0.2) is 40.7 Å². The standard InChI is InChI=1S/C24H22FNO5/c25-19-10-5-11-20(27)22(19)23(29)21(28)12-26-24(30)31-13-18-16-8-3-1-6-14(16)15-7-2-4-9-17(15)18/h1-11,18,21,23,27-29H,12-13H2,(H,26,30). The number of phenols is 1. The molecular weight excluding hydrogens is 401 g/mol. The van der Waals surface area contributed by atoms with E-state index < -0.39 is 35.4 Å².